The molecule has 170 valence electrons. The topological polar surface area (TPSA) is 83.8 Å². The van der Waals surface area contributed by atoms with Crippen molar-refractivity contribution in [2.45, 2.75) is 25.7 Å². The molecule has 0 saturated heterocycles. The molecule has 7 heteroatoms. The van der Waals surface area contributed by atoms with E-state index in [1.165, 1.54) is 0 Å². The Labute approximate surface area is 209 Å². The van der Waals surface area contributed by atoms with Gasteiger partial charge >= 0.3 is 0 Å². The number of H-pyrrole nitrogens is 1. The van der Waals surface area contributed by atoms with Gasteiger partial charge < -0.3 is 16.0 Å². The SMILES string of the molecule is NCC1CCC(CNC(=O)c2cc(-c3c[nH]c4ccc(Br)cc34)nc3ccc(Br)cc23)CC1. The first-order valence-corrected chi connectivity index (χ1v) is 13.0. The Bertz CT molecular complexity index is 1320. The number of nitrogens with zero attached hydrogens (tertiary/aromatic N) is 1. The van der Waals surface area contributed by atoms with Gasteiger partial charge in [0, 0.05) is 43.5 Å². The van der Waals surface area contributed by atoms with E-state index in [2.05, 4.69) is 48.2 Å². The summed E-state index contributed by atoms with van der Waals surface area (Å²) in [5.74, 6) is 1.10. The molecular formula is C26H26Br2N4O. The Morgan fingerprint density at radius 2 is 1.70 bits per heavy atom. The Morgan fingerprint density at radius 1 is 1.00 bits per heavy atom. The van der Waals surface area contributed by atoms with E-state index in [1.54, 1.807) is 0 Å². The van der Waals surface area contributed by atoms with Crippen molar-refractivity contribution >= 4 is 59.6 Å². The van der Waals surface area contributed by atoms with Crippen LogP contribution in [-0.2, 0) is 0 Å². The molecular weight excluding hydrogens is 544 g/mol. The Kier molecular flexibility index (Phi) is 6.54. The van der Waals surface area contributed by atoms with Crippen LogP contribution < -0.4 is 11.1 Å². The predicted molar refractivity (Wildman–Crippen MR) is 141 cm³/mol. The van der Waals surface area contributed by atoms with Gasteiger partial charge in [0.05, 0.1) is 16.8 Å². The molecule has 1 aliphatic rings. The number of pyridine rings is 1. The summed E-state index contributed by atoms with van der Waals surface area (Å²) in [6.45, 7) is 1.47. The number of nitrogens with two attached hydrogens (primary N) is 1. The molecule has 5 nitrogen and oxygen atoms in total. The fourth-order valence-corrected chi connectivity index (χ4v) is 5.55. The van der Waals surface area contributed by atoms with Crippen molar-refractivity contribution in [1.29, 1.82) is 0 Å². The fourth-order valence-electron chi connectivity index (χ4n) is 4.83. The molecule has 1 aliphatic carbocycles. The molecule has 2 heterocycles. The van der Waals surface area contributed by atoms with E-state index in [0.29, 0.717) is 23.9 Å². The number of carbonyl (C=O) groups is 1. The fraction of sp³-hybridized carbons (Fsp3) is 0.308. The number of benzene rings is 2. The molecule has 0 unspecified atom stereocenters. The average molecular weight is 570 g/mol. The molecule has 0 atom stereocenters. The van der Waals surface area contributed by atoms with Crippen molar-refractivity contribution in [1.82, 2.24) is 15.3 Å². The summed E-state index contributed by atoms with van der Waals surface area (Å²) in [5, 5.41) is 5.12. The van der Waals surface area contributed by atoms with Crippen LogP contribution in [-0.4, -0.2) is 29.0 Å². The van der Waals surface area contributed by atoms with Crippen LogP contribution >= 0.6 is 31.9 Å². The summed E-state index contributed by atoms with van der Waals surface area (Å²) in [6.07, 6.45) is 6.52. The number of halogens is 2. The van der Waals surface area contributed by atoms with Gasteiger partial charge in [0.25, 0.3) is 5.91 Å². The van der Waals surface area contributed by atoms with Crippen LogP contribution in [0.25, 0.3) is 33.1 Å². The van der Waals surface area contributed by atoms with Gasteiger partial charge in [-0.05, 0) is 86.5 Å². The van der Waals surface area contributed by atoms with E-state index < -0.39 is 0 Å². The van der Waals surface area contributed by atoms with Crippen LogP contribution in [0.15, 0.2) is 57.6 Å². The molecule has 1 fully saturated rings. The molecule has 2 aromatic heterocycles. The first-order valence-electron chi connectivity index (χ1n) is 11.4. The van der Waals surface area contributed by atoms with Gasteiger partial charge in [-0.2, -0.15) is 0 Å². The molecule has 2 aromatic carbocycles. The maximum Gasteiger partial charge on any atom is 0.252 e. The van der Waals surface area contributed by atoms with Crippen molar-refractivity contribution in [3.8, 4) is 11.3 Å². The van der Waals surface area contributed by atoms with Gasteiger partial charge in [-0.25, -0.2) is 4.98 Å². The minimum Gasteiger partial charge on any atom is -0.360 e. The maximum absolute atomic E-state index is 13.4. The molecule has 5 rings (SSSR count). The molecule has 0 radical (unpaired) electrons. The third-order valence-corrected chi connectivity index (χ3v) is 7.77. The first-order chi connectivity index (χ1) is 16.0. The van der Waals surface area contributed by atoms with Crippen LogP contribution in [0.2, 0.25) is 0 Å². The zero-order valence-electron chi connectivity index (χ0n) is 18.2. The highest BCUT2D eigenvalue weighted by Gasteiger charge is 2.22. The highest BCUT2D eigenvalue weighted by molar-refractivity contribution is 9.10. The predicted octanol–water partition coefficient (Wildman–Crippen LogP) is 6.40. The van der Waals surface area contributed by atoms with Gasteiger partial charge in [0.15, 0.2) is 0 Å². The highest BCUT2D eigenvalue weighted by atomic mass is 79.9. The van der Waals surface area contributed by atoms with E-state index in [1.807, 2.05) is 42.6 Å². The van der Waals surface area contributed by atoms with Gasteiger partial charge in [-0.15, -0.1) is 0 Å². The van der Waals surface area contributed by atoms with Crippen LogP contribution in [0, 0.1) is 11.8 Å². The van der Waals surface area contributed by atoms with Gasteiger partial charge in [0.1, 0.15) is 0 Å². The number of aromatic amines is 1. The lowest BCUT2D eigenvalue weighted by atomic mass is 9.82. The number of aromatic nitrogens is 2. The summed E-state index contributed by atoms with van der Waals surface area (Å²) >= 11 is 7.11. The van der Waals surface area contributed by atoms with Crippen molar-refractivity contribution < 1.29 is 4.79 Å². The second kappa shape index (κ2) is 9.57. The standard InChI is InChI=1S/C26H26Br2N4O/c27-17-5-7-23-20(10-17)22(14-30-23)25-11-21(19-9-18(28)6-8-24(19)32-25)26(33)31-13-16-3-1-15(12-29)2-4-16/h5-11,14-16,30H,1-4,12-13,29H2,(H,31,33). The Morgan fingerprint density at radius 3 is 2.45 bits per heavy atom. The smallest absolute Gasteiger partial charge is 0.252 e. The molecule has 0 spiro atoms. The van der Waals surface area contributed by atoms with E-state index >= 15 is 0 Å². The summed E-state index contributed by atoms with van der Waals surface area (Å²) in [7, 11) is 0. The van der Waals surface area contributed by atoms with E-state index in [0.717, 1.165) is 74.2 Å². The zero-order chi connectivity index (χ0) is 22.9. The second-order valence-corrected chi connectivity index (χ2v) is 10.8. The number of carbonyl (C=O) groups excluding carboxylic acids is 1. The number of rotatable bonds is 5. The summed E-state index contributed by atoms with van der Waals surface area (Å²) in [6, 6.07) is 13.9. The molecule has 4 aromatic rings. The van der Waals surface area contributed by atoms with Crippen LogP contribution in [0.1, 0.15) is 36.0 Å². The molecule has 1 saturated carbocycles. The molecule has 0 bridgehead atoms. The molecule has 33 heavy (non-hydrogen) atoms. The van der Waals surface area contributed by atoms with Crippen molar-refractivity contribution in [2.75, 3.05) is 13.1 Å². The van der Waals surface area contributed by atoms with Crippen molar-refractivity contribution in [3.05, 3.63) is 63.2 Å². The third kappa shape index (κ3) is 4.72. The minimum absolute atomic E-state index is 0.0521. The lowest BCUT2D eigenvalue weighted by Gasteiger charge is -2.27. The van der Waals surface area contributed by atoms with Crippen LogP contribution in [0.3, 0.4) is 0 Å². The normalized spacial score (nSPS) is 18.6. The second-order valence-electron chi connectivity index (χ2n) is 8.94. The Hall–Kier alpha value is -2.22. The number of hydrogen-bond donors (Lipinski definition) is 3. The summed E-state index contributed by atoms with van der Waals surface area (Å²) in [4.78, 5) is 21.6. The Balaban J connectivity index is 1.48. The largest absolute Gasteiger partial charge is 0.360 e. The number of amides is 1. The summed E-state index contributed by atoms with van der Waals surface area (Å²) in [5.41, 5.74) is 10.1. The van der Waals surface area contributed by atoms with E-state index in [4.69, 9.17) is 10.7 Å². The molecule has 1 amide bonds. The minimum atomic E-state index is -0.0521. The maximum atomic E-state index is 13.4. The van der Waals surface area contributed by atoms with E-state index in [-0.39, 0.29) is 5.91 Å². The van der Waals surface area contributed by atoms with Gasteiger partial charge in [-0.1, -0.05) is 31.9 Å². The van der Waals surface area contributed by atoms with Gasteiger partial charge in [0.2, 0.25) is 0 Å². The number of hydrogen-bond acceptors (Lipinski definition) is 3. The van der Waals surface area contributed by atoms with Crippen molar-refractivity contribution in [3.63, 3.8) is 0 Å². The first kappa shape index (κ1) is 22.6. The average Bonchev–Trinajstić information content (AvgIpc) is 3.25. The van der Waals surface area contributed by atoms with E-state index in [9.17, 15) is 4.79 Å². The zero-order valence-corrected chi connectivity index (χ0v) is 21.4. The molecule has 4 N–H and O–H groups in total. The quantitative estimate of drug-likeness (QED) is 0.260. The van der Waals surface area contributed by atoms with Crippen LogP contribution in [0.4, 0.5) is 0 Å². The van der Waals surface area contributed by atoms with Gasteiger partial charge in [-0.3, -0.25) is 4.79 Å². The lowest BCUT2D eigenvalue weighted by Crippen LogP contribution is -2.32. The summed E-state index contributed by atoms with van der Waals surface area (Å²) < 4.78 is 1.93. The highest BCUT2D eigenvalue weighted by Crippen LogP contribution is 2.33. The van der Waals surface area contributed by atoms with Crippen molar-refractivity contribution in [2.24, 2.45) is 17.6 Å². The molecule has 0 aliphatic heterocycles. The third-order valence-electron chi connectivity index (χ3n) is 6.79. The lowest BCUT2D eigenvalue weighted by molar-refractivity contribution is 0.0943. The number of nitrogens with one attached hydrogen (secondary N) is 2. The van der Waals surface area contributed by atoms with Crippen LogP contribution in [0.5, 0.6) is 0 Å². The monoisotopic (exact) mass is 568 g/mol. The number of fused-ring (bicyclic) bond motifs is 2.